The Labute approximate surface area is 101 Å². The zero-order valence-corrected chi connectivity index (χ0v) is 10.3. The monoisotopic (exact) mass is 240 g/mol. The first-order valence-electron chi connectivity index (χ1n) is 6.39. The minimum absolute atomic E-state index is 0.0463. The average Bonchev–Trinajstić information content (AvgIpc) is 3.00. The predicted molar refractivity (Wildman–Crippen MR) is 62.3 cm³/mol. The second kappa shape index (κ2) is 5.49. The third kappa shape index (κ3) is 3.19. The van der Waals surface area contributed by atoms with Gasteiger partial charge in [-0.3, -0.25) is 9.59 Å². The maximum atomic E-state index is 12.2. The molecule has 1 heterocycles. The largest absolute Gasteiger partial charge is 0.465 e. The van der Waals surface area contributed by atoms with E-state index in [4.69, 9.17) is 4.74 Å². The van der Waals surface area contributed by atoms with E-state index < -0.39 is 0 Å². The maximum Gasteiger partial charge on any atom is 0.325 e. The second-order valence-corrected chi connectivity index (χ2v) is 4.69. The molecule has 0 aromatic heterocycles. The molecule has 1 atom stereocenters. The van der Waals surface area contributed by atoms with Gasteiger partial charge in [0.2, 0.25) is 5.91 Å². The SMILES string of the molecule is CCOC(=O)CN(C(=O)C1CCNC1)C1CC1. The number of nitrogens with zero attached hydrogens (tertiary/aromatic N) is 1. The number of ether oxygens (including phenoxy) is 1. The van der Waals surface area contributed by atoms with Gasteiger partial charge in [0.1, 0.15) is 6.54 Å². The van der Waals surface area contributed by atoms with E-state index in [1.807, 2.05) is 0 Å². The molecule has 1 aliphatic heterocycles. The Balaban J connectivity index is 1.91. The third-order valence-electron chi connectivity index (χ3n) is 3.29. The molecule has 0 aromatic rings. The van der Waals surface area contributed by atoms with Gasteiger partial charge in [-0.1, -0.05) is 0 Å². The lowest BCUT2D eigenvalue weighted by atomic mass is 10.1. The molecule has 1 unspecified atom stereocenters. The van der Waals surface area contributed by atoms with Crippen LogP contribution in [0, 0.1) is 5.92 Å². The van der Waals surface area contributed by atoms with Crippen LogP contribution in [0.15, 0.2) is 0 Å². The Bertz CT molecular complexity index is 296. The van der Waals surface area contributed by atoms with Crippen LogP contribution in [0.1, 0.15) is 26.2 Å². The van der Waals surface area contributed by atoms with E-state index in [0.717, 1.165) is 32.4 Å². The maximum absolute atomic E-state index is 12.2. The van der Waals surface area contributed by atoms with Crippen molar-refractivity contribution in [3.8, 4) is 0 Å². The number of amides is 1. The Kier molecular flexibility index (Phi) is 3.99. The summed E-state index contributed by atoms with van der Waals surface area (Å²) in [6, 6.07) is 0.271. The van der Waals surface area contributed by atoms with Crippen LogP contribution >= 0.6 is 0 Å². The van der Waals surface area contributed by atoms with Crippen molar-refractivity contribution in [2.24, 2.45) is 5.92 Å². The molecule has 0 aromatic carbocycles. The second-order valence-electron chi connectivity index (χ2n) is 4.69. The Hall–Kier alpha value is -1.10. The number of nitrogens with one attached hydrogen (secondary N) is 1. The van der Waals surface area contributed by atoms with Crippen molar-refractivity contribution in [1.82, 2.24) is 10.2 Å². The summed E-state index contributed by atoms with van der Waals surface area (Å²) in [7, 11) is 0. The normalized spacial score (nSPS) is 23.5. The summed E-state index contributed by atoms with van der Waals surface area (Å²) in [5.41, 5.74) is 0. The fourth-order valence-corrected chi connectivity index (χ4v) is 2.22. The molecule has 1 aliphatic carbocycles. The van der Waals surface area contributed by atoms with Gasteiger partial charge < -0.3 is 15.0 Å². The van der Waals surface area contributed by atoms with Crippen molar-refractivity contribution in [3.05, 3.63) is 0 Å². The van der Waals surface area contributed by atoms with Gasteiger partial charge in [0, 0.05) is 12.6 Å². The van der Waals surface area contributed by atoms with Gasteiger partial charge in [-0.05, 0) is 32.7 Å². The van der Waals surface area contributed by atoms with Crippen LogP contribution in [-0.2, 0) is 14.3 Å². The summed E-state index contributed by atoms with van der Waals surface area (Å²) in [5, 5.41) is 3.18. The molecule has 5 heteroatoms. The quantitative estimate of drug-likeness (QED) is 0.695. The van der Waals surface area contributed by atoms with Crippen molar-refractivity contribution in [2.75, 3.05) is 26.2 Å². The topological polar surface area (TPSA) is 58.6 Å². The van der Waals surface area contributed by atoms with E-state index in [2.05, 4.69) is 5.32 Å². The average molecular weight is 240 g/mol. The van der Waals surface area contributed by atoms with E-state index >= 15 is 0 Å². The molecule has 96 valence electrons. The fraction of sp³-hybridized carbons (Fsp3) is 0.833. The molecule has 0 spiro atoms. The lowest BCUT2D eigenvalue weighted by molar-refractivity contribution is -0.150. The molecule has 1 saturated carbocycles. The van der Waals surface area contributed by atoms with E-state index in [0.29, 0.717) is 6.61 Å². The lowest BCUT2D eigenvalue weighted by Gasteiger charge is -2.24. The van der Waals surface area contributed by atoms with Crippen LogP contribution in [0.25, 0.3) is 0 Å². The summed E-state index contributed by atoms with van der Waals surface area (Å²) >= 11 is 0. The molecule has 2 fully saturated rings. The molecular formula is C12H20N2O3. The van der Waals surface area contributed by atoms with Gasteiger partial charge in [-0.25, -0.2) is 0 Å². The van der Waals surface area contributed by atoms with Crippen molar-refractivity contribution in [3.63, 3.8) is 0 Å². The molecule has 17 heavy (non-hydrogen) atoms. The first kappa shape index (κ1) is 12.4. The minimum atomic E-state index is -0.293. The summed E-state index contributed by atoms with van der Waals surface area (Å²) in [6.45, 7) is 3.91. The fourth-order valence-electron chi connectivity index (χ4n) is 2.22. The highest BCUT2D eigenvalue weighted by molar-refractivity contribution is 5.84. The van der Waals surface area contributed by atoms with Crippen molar-refractivity contribution in [2.45, 2.75) is 32.2 Å². The van der Waals surface area contributed by atoms with Crippen LogP contribution < -0.4 is 5.32 Å². The summed E-state index contributed by atoms with van der Waals surface area (Å²) in [6.07, 6.45) is 2.92. The summed E-state index contributed by atoms with van der Waals surface area (Å²) in [5.74, 6) is -0.130. The minimum Gasteiger partial charge on any atom is -0.465 e. The number of carbonyl (C=O) groups is 2. The van der Waals surface area contributed by atoms with Gasteiger partial charge in [0.25, 0.3) is 0 Å². The number of hydrogen-bond donors (Lipinski definition) is 1. The van der Waals surface area contributed by atoms with Crippen LogP contribution in [0.3, 0.4) is 0 Å². The van der Waals surface area contributed by atoms with Gasteiger partial charge >= 0.3 is 5.97 Å². The smallest absolute Gasteiger partial charge is 0.325 e. The van der Waals surface area contributed by atoms with E-state index in [-0.39, 0.29) is 30.4 Å². The first-order valence-corrected chi connectivity index (χ1v) is 6.39. The lowest BCUT2D eigenvalue weighted by Crippen LogP contribution is -2.42. The summed E-state index contributed by atoms with van der Waals surface area (Å²) in [4.78, 5) is 25.4. The first-order chi connectivity index (χ1) is 8.22. The van der Waals surface area contributed by atoms with Gasteiger partial charge in [0.05, 0.1) is 12.5 Å². The van der Waals surface area contributed by atoms with E-state index in [1.165, 1.54) is 0 Å². The Morgan fingerprint density at radius 3 is 2.65 bits per heavy atom. The molecule has 2 rings (SSSR count). The van der Waals surface area contributed by atoms with Crippen LogP contribution in [-0.4, -0.2) is 49.1 Å². The predicted octanol–water partition coefficient (Wildman–Crippen LogP) is 0.150. The molecule has 2 aliphatic rings. The van der Waals surface area contributed by atoms with Gasteiger partial charge in [-0.2, -0.15) is 0 Å². The number of carbonyl (C=O) groups excluding carboxylic acids is 2. The van der Waals surface area contributed by atoms with Gasteiger partial charge in [0.15, 0.2) is 0 Å². The van der Waals surface area contributed by atoms with Crippen molar-refractivity contribution >= 4 is 11.9 Å². The van der Waals surface area contributed by atoms with Crippen LogP contribution in [0.2, 0.25) is 0 Å². The molecule has 5 nitrogen and oxygen atoms in total. The van der Waals surface area contributed by atoms with Crippen molar-refractivity contribution in [1.29, 1.82) is 0 Å². The molecule has 0 bridgehead atoms. The highest BCUT2D eigenvalue weighted by atomic mass is 16.5. The van der Waals surface area contributed by atoms with Crippen LogP contribution in [0.5, 0.6) is 0 Å². The summed E-state index contributed by atoms with van der Waals surface area (Å²) < 4.78 is 4.91. The number of hydrogen-bond acceptors (Lipinski definition) is 4. The Morgan fingerprint density at radius 1 is 1.35 bits per heavy atom. The third-order valence-corrected chi connectivity index (χ3v) is 3.29. The number of rotatable bonds is 5. The molecular weight excluding hydrogens is 220 g/mol. The number of esters is 1. The zero-order valence-electron chi connectivity index (χ0n) is 10.3. The molecule has 1 amide bonds. The molecule has 1 saturated heterocycles. The van der Waals surface area contributed by atoms with Crippen molar-refractivity contribution < 1.29 is 14.3 Å². The van der Waals surface area contributed by atoms with Gasteiger partial charge in [-0.15, -0.1) is 0 Å². The van der Waals surface area contributed by atoms with E-state index in [9.17, 15) is 9.59 Å². The van der Waals surface area contributed by atoms with E-state index in [1.54, 1.807) is 11.8 Å². The Morgan fingerprint density at radius 2 is 2.12 bits per heavy atom. The highest BCUT2D eigenvalue weighted by Gasteiger charge is 2.37. The van der Waals surface area contributed by atoms with Crippen LogP contribution in [0.4, 0.5) is 0 Å². The molecule has 1 N–H and O–H groups in total. The highest BCUT2D eigenvalue weighted by Crippen LogP contribution is 2.29. The standard InChI is InChI=1S/C12H20N2O3/c1-2-17-11(15)8-14(10-3-4-10)12(16)9-5-6-13-7-9/h9-10,13H,2-8H2,1H3. The zero-order chi connectivity index (χ0) is 12.3. The molecule has 0 radical (unpaired) electrons.